The normalized spacial score (nSPS) is 11.0. The van der Waals surface area contributed by atoms with Crippen molar-refractivity contribution in [3.05, 3.63) is 72.1 Å². The zero-order valence-corrected chi connectivity index (χ0v) is 16.7. The fourth-order valence-electron chi connectivity index (χ4n) is 2.42. The van der Waals surface area contributed by atoms with Crippen LogP contribution in [-0.4, -0.2) is 21.0 Å². The zero-order valence-electron chi connectivity index (χ0n) is 14.4. The van der Waals surface area contributed by atoms with E-state index in [-0.39, 0.29) is 43.6 Å². The summed E-state index contributed by atoms with van der Waals surface area (Å²) in [6.07, 6.45) is 1.50. The van der Waals surface area contributed by atoms with E-state index in [4.69, 9.17) is 0 Å². The minimum atomic E-state index is -1.25. The van der Waals surface area contributed by atoms with Gasteiger partial charge in [0, 0.05) is 44.3 Å². The Bertz CT molecular complexity index is 979. The molecule has 0 aliphatic heterocycles. The minimum Gasteiger partial charge on any atom is -0.481 e. The van der Waals surface area contributed by atoms with Crippen molar-refractivity contribution in [2.45, 2.75) is 19.3 Å². The predicted molar refractivity (Wildman–Crippen MR) is 92.3 cm³/mol. The first-order valence-electron chi connectivity index (χ1n) is 7.84. The van der Waals surface area contributed by atoms with Crippen LogP contribution < -0.4 is 0 Å². The number of benzene rings is 1. The van der Waals surface area contributed by atoms with Gasteiger partial charge >= 0.3 is 5.97 Å². The van der Waals surface area contributed by atoms with E-state index in [2.05, 4.69) is 16.0 Å². The number of pyridine rings is 2. The van der Waals surface area contributed by atoms with Crippen molar-refractivity contribution in [1.29, 1.82) is 0 Å². The van der Waals surface area contributed by atoms with E-state index in [0.717, 1.165) is 6.07 Å². The predicted octanol–water partition coefficient (Wildman–Crippen LogP) is 4.25. The molecule has 2 heterocycles. The summed E-state index contributed by atoms with van der Waals surface area (Å²) in [5, 5.41) is 9.36. The zero-order chi connectivity index (χ0) is 18.9. The number of carboxylic acids is 1. The van der Waals surface area contributed by atoms with E-state index in [1.54, 1.807) is 30.3 Å². The number of halogens is 2. The van der Waals surface area contributed by atoms with Gasteiger partial charge in [-0.25, -0.2) is 0 Å². The van der Waals surface area contributed by atoms with Crippen molar-refractivity contribution in [3.63, 3.8) is 0 Å². The molecule has 0 fully saturated rings. The summed E-state index contributed by atoms with van der Waals surface area (Å²) in [5.41, 5.74) is -0.531. The van der Waals surface area contributed by atoms with E-state index in [1.807, 2.05) is 0 Å². The van der Waals surface area contributed by atoms with E-state index in [0.29, 0.717) is 5.69 Å². The Labute approximate surface area is 169 Å². The molecule has 3 rings (SSSR count). The number of carbonyl (C=O) groups is 1. The second-order valence-corrected chi connectivity index (χ2v) is 6.27. The molecule has 0 atom stereocenters. The van der Waals surface area contributed by atoms with Crippen LogP contribution in [-0.2, 0) is 31.3 Å². The third kappa shape index (κ3) is 4.11. The maximum absolute atomic E-state index is 14.4. The molecule has 7 heteroatoms. The van der Waals surface area contributed by atoms with E-state index in [1.165, 1.54) is 26.1 Å². The maximum atomic E-state index is 14.4. The molecule has 0 aliphatic rings. The van der Waals surface area contributed by atoms with Crippen molar-refractivity contribution >= 4 is 5.97 Å². The van der Waals surface area contributed by atoms with Crippen molar-refractivity contribution in [2.75, 3.05) is 0 Å². The van der Waals surface area contributed by atoms with Gasteiger partial charge < -0.3 is 5.11 Å². The van der Waals surface area contributed by atoms with Crippen LogP contribution in [0.5, 0.6) is 0 Å². The van der Waals surface area contributed by atoms with Crippen LogP contribution in [0.4, 0.5) is 8.78 Å². The minimum absolute atomic E-state index is 0. The van der Waals surface area contributed by atoms with Crippen molar-refractivity contribution in [2.24, 2.45) is 0 Å². The van der Waals surface area contributed by atoms with Gasteiger partial charge in [0.25, 0.3) is 0 Å². The van der Waals surface area contributed by atoms with Crippen molar-refractivity contribution in [1.82, 2.24) is 9.97 Å². The van der Waals surface area contributed by atoms with Crippen LogP contribution >= 0.6 is 0 Å². The van der Waals surface area contributed by atoms with Gasteiger partial charge in [-0.1, -0.05) is 41.5 Å². The van der Waals surface area contributed by atoms with Crippen LogP contribution in [0.25, 0.3) is 22.5 Å². The Kier molecular flexibility index (Phi) is 6.22. The summed E-state index contributed by atoms with van der Waals surface area (Å²) in [5.74, 6) is -2.67. The summed E-state index contributed by atoms with van der Waals surface area (Å²) in [7, 11) is 0. The second kappa shape index (κ2) is 8.05. The number of hydrogen-bond donors (Lipinski definition) is 1. The molecule has 142 valence electrons. The number of rotatable bonds is 4. The molecule has 1 N–H and O–H groups in total. The molecule has 0 aliphatic carbocycles. The first kappa shape index (κ1) is 20.8. The molecule has 0 bridgehead atoms. The van der Waals surface area contributed by atoms with Gasteiger partial charge in [0.15, 0.2) is 0 Å². The van der Waals surface area contributed by atoms with E-state index in [9.17, 15) is 18.7 Å². The third-order valence-corrected chi connectivity index (χ3v) is 4.08. The van der Waals surface area contributed by atoms with Crippen LogP contribution in [0.15, 0.2) is 48.7 Å². The van der Waals surface area contributed by atoms with Gasteiger partial charge in [0.05, 0.1) is 11.6 Å². The molecule has 0 amide bonds. The largest absolute Gasteiger partial charge is 0.481 e. The Hall–Kier alpha value is -2.46. The number of carboxylic acid groups (broad SMARTS) is 1. The SMILES string of the molecule is CC(C)(C(=O)O)c1cccc(-c2[c-]c(-c3ccccn3)c(F)cc2F)n1.[Pt]. The van der Waals surface area contributed by atoms with Crippen LogP contribution in [0.1, 0.15) is 19.5 Å². The molecule has 2 aromatic heterocycles. The Morgan fingerprint density at radius 2 is 1.67 bits per heavy atom. The van der Waals surface area contributed by atoms with Crippen LogP contribution in [0.2, 0.25) is 0 Å². The summed E-state index contributed by atoms with van der Waals surface area (Å²) >= 11 is 0. The quantitative estimate of drug-likeness (QED) is 0.496. The summed E-state index contributed by atoms with van der Waals surface area (Å²) in [6.45, 7) is 3.01. The molecule has 1 aromatic carbocycles. The molecule has 0 spiro atoms. The topological polar surface area (TPSA) is 63.1 Å². The molecular formula is C20H15F2N2O2Pt-. The fourth-order valence-corrected chi connectivity index (χ4v) is 2.42. The van der Waals surface area contributed by atoms with Crippen molar-refractivity contribution in [3.8, 4) is 22.5 Å². The molecule has 0 radical (unpaired) electrons. The average molecular weight is 548 g/mol. The van der Waals surface area contributed by atoms with Gasteiger partial charge in [0.2, 0.25) is 0 Å². The Balaban J connectivity index is 0.00000261. The fraction of sp³-hybridized carbons (Fsp3) is 0.150. The van der Waals surface area contributed by atoms with Gasteiger partial charge in [-0.15, -0.1) is 6.07 Å². The molecular weight excluding hydrogens is 533 g/mol. The van der Waals surface area contributed by atoms with Crippen LogP contribution in [0.3, 0.4) is 0 Å². The number of hydrogen-bond acceptors (Lipinski definition) is 3. The van der Waals surface area contributed by atoms with Gasteiger partial charge in [-0.3, -0.25) is 23.5 Å². The Morgan fingerprint density at radius 3 is 2.26 bits per heavy atom. The molecule has 4 nitrogen and oxygen atoms in total. The summed E-state index contributed by atoms with van der Waals surface area (Å²) < 4.78 is 28.6. The first-order valence-corrected chi connectivity index (χ1v) is 7.84. The number of aromatic nitrogens is 2. The second-order valence-electron chi connectivity index (χ2n) is 6.27. The van der Waals surface area contributed by atoms with Crippen molar-refractivity contribution < 1.29 is 39.7 Å². The molecule has 0 saturated carbocycles. The molecule has 27 heavy (non-hydrogen) atoms. The smallest absolute Gasteiger partial charge is 0.315 e. The van der Waals surface area contributed by atoms with Crippen LogP contribution in [0, 0.1) is 17.7 Å². The summed E-state index contributed by atoms with van der Waals surface area (Å²) in [4.78, 5) is 19.8. The number of aliphatic carboxylic acids is 1. The maximum Gasteiger partial charge on any atom is 0.315 e. The average Bonchev–Trinajstić information content (AvgIpc) is 2.62. The third-order valence-electron chi connectivity index (χ3n) is 4.08. The Morgan fingerprint density at radius 1 is 1.04 bits per heavy atom. The van der Waals surface area contributed by atoms with E-state index < -0.39 is 23.0 Å². The standard InChI is InChI=1S/C20H15F2N2O2.Pt/c1-20(2,19(25)26)18-8-5-7-17(24-18)13-10-12(14(21)11-15(13)22)16-6-3-4-9-23-16;/h3-9,11H,1-2H3,(H,25,26);/q-1;. The number of nitrogens with zero attached hydrogens (tertiary/aromatic N) is 2. The van der Waals surface area contributed by atoms with E-state index >= 15 is 0 Å². The first-order chi connectivity index (χ1) is 12.3. The monoisotopic (exact) mass is 548 g/mol. The summed E-state index contributed by atoms with van der Waals surface area (Å²) in [6, 6.07) is 13.1. The van der Waals surface area contributed by atoms with Gasteiger partial charge in [0.1, 0.15) is 5.41 Å². The molecule has 3 aromatic rings. The molecule has 0 saturated heterocycles. The van der Waals surface area contributed by atoms with Gasteiger partial charge in [-0.05, 0) is 26.0 Å². The molecule has 0 unspecified atom stereocenters. The van der Waals surface area contributed by atoms with Gasteiger partial charge in [-0.2, -0.15) is 0 Å².